The van der Waals surface area contributed by atoms with Gasteiger partial charge in [0.05, 0.1) is 11.7 Å². The predicted molar refractivity (Wildman–Crippen MR) is 81.1 cm³/mol. The van der Waals surface area contributed by atoms with Gasteiger partial charge in [0, 0.05) is 19.2 Å². The van der Waals surface area contributed by atoms with E-state index in [1.54, 1.807) is 4.68 Å². The first-order valence-corrected chi connectivity index (χ1v) is 7.81. The van der Waals surface area contributed by atoms with Gasteiger partial charge in [0.25, 0.3) is 0 Å². The number of hydrogen-bond acceptors (Lipinski definition) is 4. The quantitative estimate of drug-likeness (QED) is 0.942. The number of nitrogens with one attached hydrogen (secondary N) is 1. The summed E-state index contributed by atoms with van der Waals surface area (Å²) in [4.78, 5) is 6.90. The van der Waals surface area contributed by atoms with Gasteiger partial charge < -0.3 is 0 Å². The van der Waals surface area contributed by atoms with E-state index >= 15 is 0 Å². The summed E-state index contributed by atoms with van der Waals surface area (Å²) in [6.07, 6.45) is 3.16. The Morgan fingerprint density at radius 3 is 2.90 bits per heavy atom. The number of halogens is 1. The third kappa shape index (κ3) is 2.70. The van der Waals surface area contributed by atoms with Crippen molar-refractivity contribution in [3.63, 3.8) is 0 Å². The van der Waals surface area contributed by atoms with Gasteiger partial charge >= 0.3 is 0 Å². The SMILES string of the molecule is CCc1nn(C)c(Cl)c1CN1CCC[C@H]1c1n[nH]c(C)n1. The van der Waals surface area contributed by atoms with E-state index in [4.69, 9.17) is 11.6 Å². The first kappa shape index (κ1) is 14.5. The highest BCUT2D eigenvalue weighted by atomic mass is 35.5. The van der Waals surface area contributed by atoms with Gasteiger partial charge in [-0.15, -0.1) is 0 Å². The van der Waals surface area contributed by atoms with Gasteiger partial charge in [-0.2, -0.15) is 10.2 Å². The van der Waals surface area contributed by atoms with Crippen molar-refractivity contribution in [1.82, 2.24) is 29.9 Å². The first-order chi connectivity index (χ1) is 10.1. The maximum Gasteiger partial charge on any atom is 0.167 e. The lowest BCUT2D eigenvalue weighted by molar-refractivity contribution is 0.239. The van der Waals surface area contributed by atoms with Crippen LogP contribution in [0.4, 0.5) is 0 Å². The number of likely N-dealkylation sites (tertiary alicyclic amines) is 1. The third-order valence-corrected chi connectivity index (χ3v) is 4.60. The van der Waals surface area contributed by atoms with Crippen molar-refractivity contribution < 1.29 is 0 Å². The lowest BCUT2D eigenvalue weighted by Crippen LogP contribution is -2.24. The Hall–Kier alpha value is -1.40. The van der Waals surface area contributed by atoms with E-state index in [1.807, 2.05) is 14.0 Å². The minimum absolute atomic E-state index is 0.274. The number of nitrogens with zero attached hydrogens (tertiary/aromatic N) is 5. The van der Waals surface area contributed by atoms with Crippen LogP contribution in [-0.2, 0) is 20.0 Å². The second-order valence-electron chi connectivity index (χ2n) is 5.60. The average molecular weight is 309 g/mol. The summed E-state index contributed by atoms with van der Waals surface area (Å²) < 4.78 is 1.76. The number of H-pyrrole nitrogens is 1. The van der Waals surface area contributed by atoms with Crippen LogP contribution < -0.4 is 0 Å². The summed E-state index contributed by atoms with van der Waals surface area (Å²) in [6.45, 7) is 5.91. The van der Waals surface area contributed by atoms with Crippen LogP contribution in [-0.4, -0.2) is 36.4 Å². The number of hydrogen-bond donors (Lipinski definition) is 1. The molecule has 2 aromatic rings. The summed E-state index contributed by atoms with van der Waals surface area (Å²) in [6, 6.07) is 0.274. The van der Waals surface area contributed by atoms with Crippen LogP contribution >= 0.6 is 11.6 Å². The Morgan fingerprint density at radius 2 is 2.24 bits per heavy atom. The smallest absolute Gasteiger partial charge is 0.167 e. The monoisotopic (exact) mass is 308 g/mol. The van der Waals surface area contributed by atoms with Crippen molar-refractivity contribution in [2.24, 2.45) is 7.05 Å². The van der Waals surface area contributed by atoms with Crippen LogP contribution in [0.1, 0.15) is 48.7 Å². The van der Waals surface area contributed by atoms with Gasteiger partial charge in [0.2, 0.25) is 0 Å². The molecular weight excluding hydrogens is 288 g/mol. The fraction of sp³-hybridized carbons (Fsp3) is 0.643. The lowest BCUT2D eigenvalue weighted by Gasteiger charge is -2.22. The topological polar surface area (TPSA) is 62.6 Å². The molecule has 0 unspecified atom stereocenters. The Morgan fingerprint density at radius 1 is 1.43 bits per heavy atom. The summed E-state index contributed by atoms with van der Waals surface area (Å²) in [7, 11) is 1.89. The molecule has 2 aromatic heterocycles. The molecule has 114 valence electrons. The van der Waals surface area contributed by atoms with Gasteiger partial charge in [-0.05, 0) is 32.7 Å². The predicted octanol–water partition coefficient (Wildman–Crippen LogP) is 2.40. The van der Waals surface area contributed by atoms with Crippen molar-refractivity contribution in [2.75, 3.05) is 6.54 Å². The Balaban J connectivity index is 1.84. The molecule has 1 saturated heterocycles. The van der Waals surface area contributed by atoms with Crippen LogP contribution in [0.2, 0.25) is 5.15 Å². The Kier molecular flexibility index (Phi) is 3.99. The minimum atomic E-state index is 0.274. The number of aromatic nitrogens is 5. The molecule has 1 fully saturated rings. The molecule has 0 aliphatic carbocycles. The lowest BCUT2D eigenvalue weighted by atomic mass is 10.1. The van der Waals surface area contributed by atoms with Crippen molar-refractivity contribution >= 4 is 11.6 Å². The summed E-state index contributed by atoms with van der Waals surface area (Å²) >= 11 is 6.41. The highest BCUT2D eigenvalue weighted by Crippen LogP contribution is 2.33. The molecule has 1 aliphatic rings. The molecular formula is C14H21ClN6. The van der Waals surface area contributed by atoms with E-state index in [9.17, 15) is 0 Å². The summed E-state index contributed by atoms with van der Waals surface area (Å²) in [5.41, 5.74) is 2.22. The largest absolute Gasteiger partial charge is 0.289 e. The van der Waals surface area contributed by atoms with Crippen LogP contribution in [0.25, 0.3) is 0 Å². The molecule has 7 heteroatoms. The van der Waals surface area contributed by atoms with Gasteiger partial charge in [-0.3, -0.25) is 14.7 Å². The highest BCUT2D eigenvalue weighted by molar-refractivity contribution is 6.30. The summed E-state index contributed by atoms with van der Waals surface area (Å²) in [5, 5.41) is 12.5. The van der Waals surface area contributed by atoms with Crippen molar-refractivity contribution in [1.29, 1.82) is 0 Å². The number of aromatic amines is 1. The van der Waals surface area contributed by atoms with E-state index in [0.717, 1.165) is 60.4 Å². The van der Waals surface area contributed by atoms with E-state index < -0.39 is 0 Å². The van der Waals surface area contributed by atoms with Crippen LogP contribution in [0, 0.1) is 6.92 Å². The zero-order chi connectivity index (χ0) is 15.0. The molecule has 1 N–H and O–H groups in total. The van der Waals surface area contributed by atoms with Gasteiger partial charge in [-0.1, -0.05) is 18.5 Å². The molecule has 0 amide bonds. The fourth-order valence-electron chi connectivity index (χ4n) is 3.06. The minimum Gasteiger partial charge on any atom is -0.289 e. The second-order valence-corrected chi connectivity index (χ2v) is 5.96. The Bertz CT molecular complexity index is 631. The maximum atomic E-state index is 6.41. The van der Waals surface area contributed by atoms with E-state index in [0.29, 0.717) is 0 Å². The molecule has 0 aromatic carbocycles. The average Bonchev–Trinajstić information content (AvgIpc) is 3.15. The van der Waals surface area contributed by atoms with E-state index in [2.05, 4.69) is 32.1 Å². The number of rotatable bonds is 4. The summed E-state index contributed by atoms with van der Waals surface area (Å²) in [5.74, 6) is 1.76. The standard InChI is InChI=1S/C14H21ClN6/c1-4-11-10(13(15)20(3)19-11)8-21-7-5-6-12(21)14-16-9(2)17-18-14/h12H,4-8H2,1-3H3,(H,16,17,18)/t12-/m0/s1. The highest BCUT2D eigenvalue weighted by Gasteiger charge is 2.30. The normalized spacial score (nSPS) is 19.5. The molecule has 21 heavy (non-hydrogen) atoms. The van der Waals surface area contributed by atoms with Gasteiger partial charge in [-0.25, -0.2) is 4.98 Å². The zero-order valence-corrected chi connectivity index (χ0v) is 13.5. The van der Waals surface area contributed by atoms with Crippen LogP contribution in [0.15, 0.2) is 0 Å². The molecule has 1 atom stereocenters. The van der Waals surface area contributed by atoms with Crippen molar-refractivity contribution in [3.05, 3.63) is 28.1 Å². The van der Waals surface area contributed by atoms with Crippen molar-refractivity contribution in [3.8, 4) is 0 Å². The van der Waals surface area contributed by atoms with Gasteiger partial charge in [0.1, 0.15) is 11.0 Å². The van der Waals surface area contributed by atoms with Crippen LogP contribution in [0.5, 0.6) is 0 Å². The van der Waals surface area contributed by atoms with Crippen LogP contribution in [0.3, 0.4) is 0 Å². The fourth-order valence-corrected chi connectivity index (χ4v) is 3.27. The third-order valence-electron chi connectivity index (χ3n) is 4.12. The van der Waals surface area contributed by atoms with E-state index in [-0.39, 0.29) is 6.04 Å². The molecule has 0 spiro atoms. The molecule has 0 saturated carbocycles. The zero-order valence-electron chi connectivity index (χ0n) is 12.7. The second kappa shape index (κ2) is 5.77. The van der Waals surface area contributed by atoms with Crippen molar-refractivity contribution in [2.45, 2.75) is 45.7 Å². The number of aryl methyl sites for hydroxylation is 3. The van der Waals surface area contributed by atoms with E-state index in [1.165, 1.54) is 0 Å². The Labute approximate surface area is 129 Å². The first-order valence-electron chi connectivity index (χ1n) is 7.43. The molecule has 3 rings (SSSR count). The maximum absolute atomic E-state index is 6.41. The molecule has 0 radical (unpaired) electrons. The van der Waals surface area contributed by atoms with Gasteiger partial charge in [0.15, 0.2) is 5.82 Å². The molecule has 3 heterocycles. The molecule has 6 nitrogen and oxygen atoms in total. The molecule has 0 bridgehead atoms. The molecule has 1 aliphatic heterocycles.